The Bertz CT molecular complexity index is 487. The lowest BCUT2D eigenvalue weighted by molar-refractivity contribution is -1.29. The van der Waals surface area contributed by atoms with Crippen LogP contribution >= 0.6 is 0 Å². The minimum atomic E-state index is 0.205. The summed E-state index contributed by atoms with van der Waals surface area (Å²) in [6, 6.07) is 8.54. The van der Waals surface area contributed by atoms with Crippen LogP contribution in [0.4, 0.5) is 0 Å². The fraction of sp³-hybridized carbons (Fsp3) is 0.533. The van der Waals surface area contributed by atoms with E-state index in [0.29, 0.717) is 0 Å². The molecule has 0 aliphatic carbocycles. The molecule has 0 aromatic heterocycles. The van der Waals surface area contributed by atoms with E-state index in [-0.39, 0.29) is 5.54 Å². The minimum absolute atomic E-state index is 0.205. The minimum Gasteiger partial charge on any atom is -0.268 e. The van der Waals surface area contributed by atoms with E-state index in [2.05, 4.69) is 37.4 Å². The quantitative estimate of drug-likeness (QED) is 0.465. The van der Waals surface area contributed by atoms with Crippen molar-refractivity contribution in [2.24, 2.45) is 4.99 Å². The zero-order valence-electron chi connectivity index (χ0n) is 11.6. The third-order valence-corrected chi connectivity index (χ3v) is 4.90. The van der Waals surface area contributed by atoms with E-state index >= 15 is 0 Å². The molecule has 4 bridgehead atoms. The summed E-state index contributed by atoms with van der Waals surface area (Å²) in [5, 5.41) is 0. The molecule has 0 unspecified atom stereocenters. The standard InChI is InChI=1S/C15H20N4/c1-13-4-2-3-5-14(13)6-16-15-7-17-10-18(8-15)12-19(9-15)11-17/h2-6H,7-12H2,1H3/p+3. The number of aryl methyl sites for hydroxylation is 1. The lowest BCUT2D eigenvalue weighted by atomic mass is 9.91. The number of hydrogen-bond acceptors (Lipinski definition) is 1. The van der Waals surface area contributed by atoms with Gasteiger partial charge in [0.2, 0.25) is 25.5 Å². The van der Waals surface area contributed by atoms with E-state index in [1.54, 1.807) is 14.7 Å². The molecule has 0 spiro atoms. The Morgan fingerprint density at radius 3 is 2.16 bits per heavy atom. The molecule has 19 heavy (non-hydrogen) atoms. The van der Waals surface area contributed by atoms with Gasteiger partial charge in [0.15, 0.2) is 0 Å². The van der Waals surface area contributed by atoms with E-state index in [0.717, 1.165) is 0 Å². The second kappa shape index (κ2) is 4.13. The number of nitrogens with zero attached hydrogens (tertiary/aromatic N) is 1. The maximum absolute atomic E-state index is 5.06. The van der Waals surface area contributed by atoms with Crippen LogP contribution in [-0.4, -0.2) is 51.4 Å². The van der Waals surface area contributed by atoms with Gasteiger partial charge in [0.05, 0.1) is 0 Å². The summed E-state index contributed by atoms with van der Waals surface area (Å²) in [5.41, 5.74) is 2.80. The molecule has 4 saturated heterocycles. The Morgan fingerprint density at radius 2 is 1.58 bits per heavy atom. The van der Waals surface area contributed by atoms with Crippen molar-refractivity contribution in [2.45, 2.75) is 12.5 Å². The Hall–Kier alpha value is -1.23. The summed E-state index contributed by atoms with van der Waals surface area (Å²) < 4.78 is 0. The lowest BCUT2D eigenvalue weighted by Crippen LogP contribution is -3.56. The van der Waals surface area contributed by atoms with Crippen molar-refractivity contribution in [3.63, 3.8) is 0 Å². The van der Waals surface area contributed by atoms with Crippen molar-refractivity contribution in [3.8, 4) is 0 Å². The van der Waals surface area contributed by atoms with Gasteiger partial charge >= 0.3 is 0 Å². The zero-order valence-corrected chi connectivity index (χ0v) is 11.6. The van der Waals surface area contributed by atoms with Crippen LogP contribution in [0.3, 0.4) is 0 Å². The van der Waals surface area contributed by atoms with E-state index in [9.17, 15) is 0 Å². The Kier molecular flexibility index (Phi) is 2.52. The molecular formula is C15H23N4+3. The third-order valence-electron chi connectivity index (χ3n) is 4.90. The number of rotatable bonds is 2. The van der Waals surface area contributed by atoms with Crippen LogP contribution in [0, 0.1) is 6.92 Å². The van der Waals surface area contributed by atoms with Gasteiger partial charge in [-0.3, -0.25) is 4.99 Å². The summed E-state index contributed by atoms with van der Waals surface area (Å²) in [7, 11) is 0. The molecule has 0 amide bonds. The predicted molar refractivity (Wildman–Crippen MR) is 73.6 cm³/mol. The van der Waals surface area contributed by atoms with Crippen molar-refractivity contribution in [1.82, 2.24) is 0 Å². The molecule has 0 atom stereocenters. The van der Waals surface area contributed by atoms with E-state index in [1.165, 1.54) is 50.8 Å². The molecule has 4 heterocycles. The number of hydrogen-bond donors (Lipinski definition) is 3. The molecule has 4 fully saturated rings. The lowest BCUT2D eigenvalue weighted by Gasteiger charge is -2.50. The van der Waals surface area contributed by atoms with Gasteiger partial charge in [-0.1, -0.05) is 24.3 Å². The highest BCUT2D eigenvalue weighted by Gasteiger charge is 2.57. The van der Waals surface area contributed by atoms with Gasteiger partial charge in [-0.25, -0.2) is 14.7 Å². The largest absolute Gasteiger partial charge is 0.268 e. The van der Waals surface area contributed by atoms with E-state index < -0.39 is 0 Å². The molecule has 0 saturated carbocycles. The van der Waals surface area contributed by atoms with Gasteiger partial charge in [-0.2, -0.15) is 0 Å². The molecule has 4 heteroatoms. The van der Waals surface area contributed by atoms with Crippen molar-refractivity contribution in [3.05, 3.63) is 35.4 Å². The number of nitrogens with one attached hydrogen (secondary N) is 3. The first-order valence-corrected chi connectivity index (χ1v) is 7.34. The number of benzene rings is 1. The average molecular weight is 259 g/mol. The molecule has 4 nitrogen and oxygen atoms in total. The number of quaternary nitrogens is 3. The van der Waals surface area contributed by atoms with Gasteiger partial charge in [0.25, 0.3) is 0 Å². The molecule has 100 valence electrons. The highest BCUT2D eigenvalue weighted by Crippen LogP contribution is 2.11. The fourth-order valence-corrected chi connectivity index (χ4v) is 4.28. The summed E-state index contributed by atoms with van der Waals surface area (Å²) in [4.78, 5) is 10.3. The van der Waals surface area contributed by atoms with E-state index in [1.807, 2.05) is 0 Å². The van der Waals surface area contributed by atoms with E-state index in [4.69, 9.17) is 4.99 Å². The molecule has 0 radical (unpaired) electrons. The van der Waals surface area contributed by atoms with Crippen LogP contribution in [0.25, 0.3) is 0 Å². The van der Waals surface area contributed by atoms with Gasteiger partial charge < -0.3 is 0 Å². The van der Waals surface area contributed by atoms with Crippen molar-refractivity contribution in [1.29, 1.82) is 0 Å². The average Bonchev–Trinajstić information content (AvgIpc) is 2.36. The highest BCUT2D eigenvalue weighted by atomic mass is 15.6. The topological polar surface area (TPSA) is 25.7 Å². The summed E-state index contributed by atoms with van der Waals surface area (Å²) in [6.45, 7) is 9.81. The van der Waals surface area contributed by atoms with Crippen molar-refractivity contribution < 1.29 is 14.7 Å². The third kappa shape index (κ3) is 2.00. The Labute approximate surface area is 114 Å². The van der Waals surface area contributed by atoms with Gasteiger partial charge in [0, 0.05) is 6.21 Å². The van der Waals surface area contributed by atoms with Crippen LogP contribution in [-0.2, 0) is 0 Å². The molecule has 4 aliphatic heterocycles. The zero-order chi connectivity index (χ0) is 12.9. The predicted octanol–water partition coefficient (Wildman–Crippen LogP) is -3.28. The molecule has 1 aromatic carbocycles. The molecule has 1 aromatic rings. The number of aliphatic imine (C=N–C) groups is 1. The maximum Gasteiger partial charge on any atom is 0.213 e. The summed E-state index contributed by atoms with van der Waals surface area (Å²) in [6.07, 6.45) is 2.13. The Balaban J connectivity index is 1.61. The molecular weight excluding hydrogens is 236 g/mol. The van der Waals surface area contributed by atoms with Crippen LogP contribution < -0.4 is 14.7 Å². The first kappa shape index (κ1) is 11.6. The summed E-state index contributed by atoms with van der Waals surface area (Å²) in [5.74, 6) is 0. The SMILES string of the molecule is Cc1ccccc1C=NC12C[NH+]3C[NH+](C[NH+](C3)C1)C2. The van der Waals surface area contributed by atoms with Crippen LogP contribution in [0.5, 0.6) is 0 Å². The molecule has 5 rings (SSSR count). The first-order valence-electron chi connectivity index (χ1n) is 7.34. The second-order valence-electron chi connectivity index (χ2n) is 6.65. The second-order valence-corrected chi connectivity index (χ2v) is 6.65. The van der Waals surface area contributed by atoms with Crippen molar-refractivity contribution in [2.75, 3.05) is 39.6 Å². The van der Waals surface area contributed by atoms with Gasteiger partial charge in [-0.15, -0.1) is 0 Å². The fourth-order valence-electron chi connectivity index (χ4n) is 4.28. The normalized spacial score (nSPS) is 40.2. The van der Waals surface area contributed by atoms with Crippen LogP contribution in [0.2, 0.25) is 0 Å². The van der Waals surface area contributed by atoms with Crippen LogP contribution in [0.15, 0.2) is 29.3 Å². The van der Waals surface area contributed by atoms with Gasteiger partial charge in [-0.05, 0) is 18.1 Å². The highest BCUT2D eigenvalue weighted by molar-refractivity contribution is 5.81. The van der Waals surface area contributed by atoms with Crippen molar-refractivity contribution >= 4 is 6.21 Å². The molecule has 4 aliphatic rings. The van der Waals surface area contributed by atoms with Crippen LogP contribution in [0.1, 0.15) is 11.1 Å². The summed E-state index contributed by atoms with van der Waals surface area (Å²) >= 11 is 0. The smallest absolute Gasteiger partial charge is 0.213 e. The first-order chi connectivity index (χ1) is 9.22. The maximum atomic E-state index is 5.06. The Morgan fingerprint density at radius 1 is 1.00 bits per heavy atom. The van der Waals surface area contributed by atoms with Gasteiger partial charge in [0.1, 0.15) is 19.6 Å². The monoisotopic (exact) mass is 259 g/mol. The molecule has 3 N–H and O–H groups in total.